The second-order valence-corrected chi connectivity index (χ2v) is 5.17. The van der Waals surface area contributed by atoms with Gasteiger partial charge in [0, 0.05) is 5.41 Å². The van der Waals surface area contributed by atoms with Gasteiger partial charge in [-0.25, -0.2) is 0 Å². The SMILES string of the molecule is C=CCC1(CC=C)C=C(c2ccc(O)cc2)C=CC1O. The number of rotatable bonds is 5. The van der Waals surface area contributed by atoms with Crippen LogP contribution in [0.4, 0.5) is 0 Å². The molecule has 1 aromatic rings. The first-order valence-corrected chi connectivity index (χ1v) is 6.71. The Bertz CT molecular complexity index is 539. The second-order valence-electron chi connectivity index (χ2n) is 5.17. The molecular formula is C18H20O2. The molecular weight excluding hydrogens is 248 g/mol. The fourth-order valence-electron chi connectivity index (χ4n) is 2.64. The number of aromatic hydroxyl groups is 1. The lowest BCUT2D eigenvalue weighted by Crippen LogP contribution is -2.33. The number of aliphatic hydroxyl groups is 1. The average Bonchev–Trinajstić information content (AvgIpc) is 2.43. The van der Waals surface area contributed by atoms with Crippen molar-refractivity contribution in [2.45, 2.75) is 18.9 Å². The van der Waals surface area contributed by atoms with E-state index in [1.165, 1.54) is 0 Å². The van der Waals surface area contributed by atoms with E-state index in [4.69, 9.17) is 0 Å². The van der Waals surface area contributed by atoms with Gasteiger partial charge in [-0.1, -0.05) is 42.5 Å². The van der Waals surface area contributed by atoms with Gasteiger partial charge in [0.15, 0.2) is 0 Å². The first-order chi connectivity index (χ1) is 9.61. The van der Waals surface area contributed by atoms with E-state index in [0.717, 1.165) is 11.1 Å². The fourth-order valence-corrected chi connectivity index (χ4v) is 2.64. The second kappa shape index (κ2) is 5.93. The Hall–Kier alpha value is -2.06. The molecule has 1 aliphatic carbocycles. The number of aliphatic hydroxyl groups excluding tert-OH is 1. The van der Waals surface area contributed by atoms with Gasteiger partial charge >= 0.3 is 0 Å². The molecule has 20 heavy (non-hydrogen) atoms. The van der Waals surface area contributed by atoms with Crippen LogP contribution in [0.15, 0.2) is 67.8 Å². The Morgan fingerprint density at radius 3 is 2.25 bits per heavy atom. The molecule has 0 saturated carbocycles. The van der Waals surface area contributed by atoms with Crippen molar-refractivity contribution < 1.29 is 10.2 Å². The topological polar surface area (TPSA) is 40.5 Å². The van der Waals surface area contributed by atoms with Gasteiger partial charge in [-0.15, -0.1) is 13.2 Å². The largest absolute Gasteiger partial charge is 0.508 e. The third-order valence-corrected chi connectivity index (χ3v) is 3.74. The average molecular weight is 268 g/mol. The van der Waals surface area contributed by atoms with Gasteiger partial charge in [-0.05, 0) is 36.1 Å². The summed E-state index contributed by atoms with van der Waals surface area (Å²) in [5.74, 6) is 0.248. The Kier molecular flexibility index (Phi) is 4.26. The van der Waals surface area contributed by atoms with Crippen molar-refractivity contribution in [3.05, 3.63) is 73.4 Å². The van der Waals surface area contributed by atoms with Crippen LogP contribution in [0.1, 0.15) is 18.4 Å². The molecule has 2 rings (SSSR count). The van der Waals surface area contributed by atoms with Gasteiger partial charge in [0.05, 0.1) is 6.10 Å². The molecule has 1 aromatic carbocycles. The normalized spacial score (nSPS) is 20.2. The molecule has 0 bridgehead atoms. The Balaban J connectivity index is 2.42. The lowest BCUT2D eigenvalue weighted by molar-refractivity contribution is 0.102. The zero-order valence-corrected chi connectivity index (χ0v) is 11.5. The summed E-state index contributed by atoms with van der Waals surface area (Å²) in [5, 5.41) is 19.7. The van der Waals surface area contributed by atoms with Crippen molar-refractivity contribution in [3.8, 4) is 5.75 Å². The summed E-state index contributed by atoms with van der Waals surface area (Å²) >= 11 is 0. The van der Waals surface area contributed by atoms with Crippen LogP contribution in [0.5, 0.6) is 5.75 Å². The molecule has 2 heteroatoms. The van der Waals surface area contributed by atoms with E-state index in [0.29, 0.717) is 12.8 Å². The first kappa shape index (κ1) is 14.4. The quantitative estimate of drug-likeness (QED) is 0.796. The van der Waals surface area contributed by atoms with Crippen molar-refractivity contribution in [2.75, 3.05) is 0 Å². The van der Waals surface area contributed by atoms with Crippen LogP contribution in [-0.2, 0) is 0 Å². The molecule has 0 spiro atoms. The third kappa shape index (κ3) is 2.75. The monoisotopic (exact) mass is 268 g/mol. The fraction of sp³-hybridized carbons (Fsp3) is 0.222. The van der Waals surface area contributed by atoms with Crippen LogP contribution < -0.4 is 0 Å². The number of phenols is 1. The van der Waals surface area contributed by atoms with Crippen LogP contribution in [0.25, 0.3) is 5.57 Å². The molecule has 0 saturated heterocycles. The van der Waals surface area contributed by atoms with Gasteiger partial charge in [-0.2, -0.15) is 0 Å². The number of benzene rings is 1. The highest BCUT2D eigenvalue weighted by Gasteiger charge is 2.34. The molecule has 0 fully saturated rings. The lowest BCUT2D eigenvalue weighted by Gasteiger charge is -2.35. The molecule has 104 valence electrons. The van der Waals surface area contributed by atoms with Crippen molar-refractivity contribution in [2.24, 2.45) is 5.41 Å². The standard InChI is InChI=1S/C18H20O2/c1-3-11-18(12-4-2)13-15(7-10-17(18)20)14-5-8-16(19)9-6-14/h3-10,13,17,19-20H,1-2,11-12H2. The summed E-state index contributed by atoms with van der Waals surface area (Å²) in [4.78, 5) is 0. The molecule has 0 radical (unpaired) electrons. The lowest BCUT2D eigenvalue weighted by atomic mass is 9.71. The van der Waals surface area contributed by atoms with Gasteiger partial charge in [0.1, 0.15) is 5.75 Å². The van der Waals surface area contributed by atoms with Crippen molar-refractivity contribution in [3.63, 3.8) is 0 Å². The summed E-state index contributed by atoms with van der Waals surface area (Å²) < 4.78 is 0. The minimum absolute atomic E-state index is 0.248. The molecule has 2 N–H and O–H groups in total. The van der Waals surface area contributed by atoms with Crippen LogP contribution in [0.3, 0.4) is 0 Å². The van der Waals surface area contributed by atoms with Crippen molar-refractivity contribution in [1.29, 1.82) is 0 Å². The molecule has 0 aromatic heterocycles. The van der Waals surface area contributed by atoms with Crippen molar-refractivity contribution in [1.82, 2.24) is 0 Å². The van der Waals surface area contributed by atoms with Gasteiger partial charge in [0.2, 0.25) is 0 Å². The highest BCUT2D eigenvalue weighted by molar-refractivity contribution is 5.76. The summed E-state index contributed by atoms with van der Waals surface area (Å²) in [6, 6.07) is 7.07. The molecule has 0 amide bonds. The molecule has 0 heterocycles. The molecule has 1 aliphatic rings. The minimum atomic E-state index is -0.542. The van der Waals surface area contributed by atoms with Gasteiger partial charge < -0.3 is 10.2 Å². The first-order valence-electron chi connectivity index (χ1n) is 6.71. The van der Waals surface area contributed by atoms with Crippen LogP contribution >= 0.6 is 0 Å². The highest BCUT2D eigenvalue weighted by atomic mass is 16.3. The van der Waals surface area contributed by atoms with Gasteiger partial charge in [-0.3, -0.25) is 0 Å². The van der Waals surface area contributed by atoms with Crippen LogP contribution in [0.2, 0.25) is 0 Å². The zero-order chi connectivity index (χ0) is 14.6. The summed E-state index contributed by atoms with van der Waals surface area (Å²) in [6.45, 7) is 7.59. The van der Waals surface area contributed by atoms with Crippen LogP contribution in [0, 0.1) is 5.41 Å². The number of phenolic OH excluding ortho intramolecular Hbond substituents is 1. The number of allylic oxidation sites excluding steroid dienone is 4. The zero-order valence-electron chi connectivity index (χ0n) is 11.5. The van der Waals surface area contributed by atoms with E-state index in [9.17, 15) is 10.2 Å². The van der Waals surface area contributed by atoms with E-state index in [-0.39, 0.29) is 11.2 Å². The minimum Gasteiger partial charge on any atom is -0.508 e. The Labute approximate surface area is 120 Å². The van der Waals surface area contributed by atoms with Crippen molar-refractivity contribution >= 4 is 5.57 Å². The Morgan fingerprint density at radius 2 is 1.70 bits per heavy atom. The van der Waals surface area contributed by atoms with E-state index in [1.807, 2.05) is 36.4 Å². The maximum Gasteiger partial charge on any atom is 0.115 e. The molecule has 1 atom stereocenters. The Morgan fingerprint density at radius 1 is 1.10 bits per heavy atom. The summed E-state index contributed by atoms with van der Waals surface area (Å²) in [5.41, 5.74) is 1.67. The van der Waals surface area contributed by atoms with E-state index in [1.54, 1.807) is 12.1 Å². The number of hydrogen-bond acceptors (Lipinski definition) is 2. The third-order valence-electron chi connectivity index (χ3n) is 3.74. The predicted molar refractivity (Wildman–Crippen MR) is 83.3 cm³/mol. The van der Waals surface area contributed by atoms with E-state index >= 15 is 0 Å². The van der Waals surface area contributed by atoms with Crippen LogP contribution in [-0.4, -0.2) is 16.3 Å². The molecule has 0 aliphatic heterocycles. The van der Waals surface area contributed by atoms with E-state index in [2.05, 4.69) is 19.2 Å². The predicted octanol–water partition coefficient (Wildman–Crippen LogP) is 3.84. The number of hydrogen-bond donors (Lipinski definition) is 2. The summed E-state index contributed by atoms with van der Waals surface area (Å²) in [7, 11) is 0. The maximum atomic E-state index is 10.3. The summed E-state index contributed by atoms with van der Waals surface area (Å²) in [6.07, 6.45) is 10.3. The van der Waals surface area contributed by atoms with Gasteiger partial charge in [0.25, 0.3) is 0 Å². The molecule has 1 unspecified atom stereocenters. The smallest absolute Gasteiger partial charge is 0.115 e. The van der Waals surface area contributed by atoms with E-state index < -0.39 is 6.10 Å². The maximum absolute atomic E-state index is 10.3. The highest BCUT2D eigenvalue weighted by Crippen LogP contribution is 2.40. The molecule has 2 nitrogen and oxygen atoms in total.